The van der Waals surface area contributed by atoms with E-state index in [1.807, 2.05) is 12.1 Å². The summed E-state index contributed by atoms with van der Waals surface area (Å²) in [6.07, 6.45) is 0. The molecule has 0 bridgehead atoms. The smallest absolute Gasteiger partial charge is 0.270 e. The Balaban J connectivity index is 1.98. The average molecular weight is 281 g/mol. The highest BCUT2D eigenvalue weighted by Crippen LogP contribution is 2.24. The minimum absolute atomic E-state index is 0.00260. The zero-order valence-corrected chi connectivity index (χ0v) is 10.9. The fourth-order valence-electron chi connectivity index (χ4n) is 1.96. The van der Waals surface area contributed by atoms with Crippen LogP contribution in [0.5, 0.6) is 0 Å². The molecule has 0 aliphatic rings. The van der Waals surface area contributed by atoms with Crippen LogP contribution >= 0.6 is 0 Å². The van der Waals surface area contributed by atoms with Gasteiger partial charge in [0.05, 0.1) is 4.92 Å². The number of nitrogens with zero attached hydrogens (tertiary/aromatic N) is 3. The van der Waals surface area contributed by atoms with Crippen LogP contribution in [0, 0.1) is 10.1 Å². The van der Waals surface area contributed by atoms with Gasteiger partial charge in [-0.3, -0.25) is 15.2 Å². The molecular weight excluding hydrogens is 270 g/mol. The van der Waals surface area contributed by atoms with Gasteiger partial charge in [0, 0.05) is 28.9 Å². The van der Waals surface area contributed by atoms with Crippen molar-refractivity contribution in [1.29, 1.82) is 0 Å². The Labute approximate surface area is 119 Å². The van der Waals surface area contributed by atoms with Crippen LogP contribution in [-0.2, 0) is 0 Å². The van der Waals surface area contributed by atoms with Crippen LogP contribution in [0.3, 0.4) is 0 Å². The number of anilines is 1. The minimum Gasteiger partial charge on any atom is -0.399 e. The standard InChI is InChI=1S/C14H11N5O2/c15-11-5-1-3-9(7-11)13-16-14(18-17-13)10-4-2-6-12(8-10)19(20)21/h1-8H,15H2,(H,16,17,18). The zero-order chi connectivity index (χ0) is 14.8. The fraction of sp³-hybridized carbons (Fsp3) is 0. The molecule has 2 aromatic carbocycles. The normalized spacial score (nSPS) is 10.5. The molecule has 0 fully saturated rings. The van der Waals surface area contributed by atoms with Crippen molar-refractivity contribution in [1.82, 2.24) is 15.2 Å². The van der Waals surface area contributed by atoms with Crippen LogP contribution in [-0.4, -0.2) is 20.1 Å². The number of hydrogen-bond acceptors (Lipinski definition) is 5. The van der Waals surface area contributed by atoms with E-state index in [0.717, 1.165) is 5.56 Å². The monoisotopic (exact) mass is 281 g/mol. The summed E-state index contributed by atoms with van der Waals surface area (Å²) in [5, 5.41) is 17.7. The second kappa shape index (κ2) is 5.04. The molecule has 104 valence electrons. The maximum Gasteiger partial charge on any atom is 0.270 e. The summed E-state index contributed by atoms with van der Waals surface area (Å²) in [6, 6.07) is 13.4. The van der Waals surface area contributed by atoms with E-state index in [2.05, 4.69) is 15.2 Å². The Hall–Kier alpha value is -3.22. The summed E-state index contributed by atoms with van der Waals surface area (Å²) >= 11 is 0. The predicted molar refractivity (Wildman–Crippen MR) is 78.3 cm³/mol. The molecule has 0 unspecified atom stereocenters. The number of nitro benzene ring substituents is 1. The molecule has 1 aromatic heterocycles. The molecule has 1 heterocycles. The van der Waals surface area contributed by atoms with Crippen LogP contribution in [0.2, 0.25) is 0 Å². The Morgan fingerprint density at radius 3 is 2.62 bits per heavy atom. The Kier molecular flexibility index (Phi) is 3.07. The van der Waals surface area contributed by atoms with Crippen molar-refractivity contribution in [3.63, 3.8) is 0 Å². The molecule has 0 saturated carbocycles. The van der Waals surface area contributed by atoms with Gasteiger partial charge >= 0.3 is 0 Å². The van der Waals surface area contributed by atoms with Crippen LogP contribution in [0.25, 0.3) is 22.8 Å². The van der Waals surface area contributed by atoms with Crippen molar-refractivity contribution in [2.24, 2.45) is 0 Å². The number of aromatic nitrogens is 3. The number of nitro groups is 1. The van der Waals surface area contributed by atoms with Gasteiger partial charge in [-0.15, -0.1) is 0 Å². The van der Waals surface area contributed by atoms with Gasteiger partial charge < -0.3 is 5.73 Å². The number of nitrogens with one attached hydrogen (secondary N) is 1. The summed E-state index contributed by atoms with van der Waals surface area (Å²) in [6.45, 7) is 0. The molecule has 0 atom stereocenters. The highest BCUT2D eigenvalue weighted by molar-refractivity contribution is 5.65. The average Bonchev–Trinajstić information content (AvgIpc) is 2.97. The van der Waals surface area contributed by atoms with Crippen LogP contribution < -0.4 is 5.73 Å². The van der Waals surface area contributed by atoms with Gasteiger partial charge in [-0.05, 0) is 12.1 Å². The summed E-state index contributed by atoms with van der Waals surface area (Å²) in [5.41, 5.74) is 7.74. The Bertz CT molecular complexity index is 812. The molecule has 0 radical (unpaired) electrons. The van der Waals surface area contributed by atoms with Crippen LogP contribution in [0.15, 0.2) is 48.5 Å². The first-order valence-electron chi connectivity index (χ1n) is 6.16. The van der Waals surface area contributed by atoms with Crippen molar-refractivity contribution in [3.05, 3.63) is 58.6 Å². The van der Waals surface area contributed by atoms with E-state index >= 15 is 0 Å². The third kappa shape index (κ3) is 2.57. The second-order valence-electron chi connectivity index (χ2n) is 4.44. The topological polar surface area (TPSA) is 111 Å². The number of aromatic amines is 1. The van der Waals surface area contributed by atoms with E-state index in [9.17, 15) is 10.1 Å². The lowest BCUT2D eigenvalue weighted by molar-refractivity contribution is -0.384. The predicted octanol–water partition coefficient (Wildman–Crippen LogP) is 2.63. The number of benzene rings is 2. The molecule has 0 spiro atoms. The first kappa shape index (κ1) is 12.8. The minimum atomic E-state index is -0.449. The first-order valence-corrected chi connectivity index (χ1v) is 6.16. The molecule has 7 nitrogen and oxygen atoms in total. The number of nitrogens with two attached hydrogens (primary N) is 1. The largest absolute Gasteiger partial charge is 0.399 e. The molecule has 7 heteroatoms. The van der Waals surface area contributed by atoms with Gasteiger partial charge in [0.2, 0.25) is 0 Å². The lowest BCUT2D eigenvalue weighted by Crippen LogP contribution is -1.89. The molecule has 3 aromatic rings. The molecule has 3 N–H and O–H groups in total. The van der Waals surface area contributed by atoms with E-state index in [1.54, 1.807) is 24.3 Å². The second-order valence-corrected chi connectivity index (χ2v) is 4.44. The summed E-state index contributed by atoms with van der Waals surface area (Å²) in [5.74, 6) is 0.958. The summed E-state index contributed by atoms with van der Waals surface area (Å²) in [7, 11) is 0. The van der Waals surface area contributed by atoms with E-state index in [-0.39, 0.29) is 5.69 Å². The molecule has 0 amide bonds. The Morgan fingerprint density at radius 1 is 1.10 bits per heavy atom. The molecule has 0 aliphatic heterocycles. The van der Waals surface area contributed by atoms with E-state index in [1.165, 1.54) is 12.1 Å². The van der Waals surface area contributed by atoms with Gasteiger partial charge in [0.25, 0.3) is 5.69 Å². The highest BCUT2D eigenvalue weighted by atomic mass is 16.6. The maximum atomic E-state index is 10.8. The van der Waals surface area contributed by atoms with Gasteiger partial charge in [0.15, 0.2) is 11.6 Å². The third-order valence-electron chi connectivity index (χ3n) is 2.96. The number of non-ortho nitro benzene ring substituents is 1. The third-order valence-corrected chi connectivity index (χ3v) is 2.96. The number of H-pyrrole nitrogens is 1. The van der Waals surface area contributed by atoms with Crippen molar-refractivity contribution in [2.75, 3.05) is 5.73 Å². The molecule has 21 heavy (non-hydrogen) atoms. The zero-order valence-electron chi connectivity index (χ0n) is 10.9. The lowest BCUT2D eigenvalue weighted by Gasteiger charge is -1.97. The van der Waals surface area contributed by atoms with Gasteiger partial charge in [-0.1, -0.05) is 24.3 Å². The number of rotatable bonds is 3. The number of nitrogen functional groups attached to an aromatic ring is 1. The van der Waals surface area contributed by atoms with Crippen LogP contribution in [0.1, 0.15) is 0 Å². The summed E-state index contributed by atoms with van der Waals surface area (Å²) < 4.78 is 0. The van der Waals surface area contributed by atoms with E-state index < -0.39 is 4.92 Å². The molecule has 0 aliphatic carbocycles. The SMILES string of the molecule is Nc1cccc(-c2nc(-c3cccc([N+](=O)[O-])c3)n[nH]2)c1. The summed E-state index contributed by atoms with van der Waals surface area (Å²) in [4.78, 5) is 14.7. The van der Waals surface area contributed by atoms with Crippen LogP contribution in [0.4, 0.5) is 11.4 Å². The van der Waals surface area contributed by atoms with Crippen molar-refractivity contribution in [2.45, 2.75) is 0 Å². The van der Waals surface area contributed by atoms with Crippen molar-refractivity contribution < 1.29 is 4.92 Å². The quantitative estimate of drug-likeness (QED) is 0.435. The van der Waals surface area contributed by atoms with Crippen molar-refractivity contribution >= 4 is 11.4 Å². The fourth-order valence-corrected chi connectivity index (χ4v) is 1.96. The van der Waals surface area contributed by atoms with Gasteiger partial charge in [-0.25, -0.2) is 4.98 Å². The Morgan fingerprint density at radius 2 is 1.86 bits per heavy atom. The first-order chi connectivity index (χ1) is 10.1. The maximum absolute atomic E-state index is 10.8. The lowest BCUT2D eigenvalue weighted by atomic mass is 10.2. The highest BCUT2D eigenvalue weighted by Gasteiger charge is 2.11. The number of hydrogen-bond donors (Lipinski definition) is 2. The molecule has 0 saturated heterocycles. The van der Waals surface area contributed by atoms with E-state index in [0.29, 0.717) is 22.9 Å². The van der Waals surface area contributed by atoms with Crippen molar-refractivity contribution in [3.8, 4) is 22.8 Å². The van der Waals surface area contributed by atoms with E-state index in [4.69, 9.17) is 5.73 Å². The molecule has 3 rings (SSSR count). The van der Waals surface area contributed by atoms with Gasteiger partial charge in [0.1, 0.15) is 0 Å². The molecular formula is C14H11N5O2. The van der Waals surface area contributed by atoms with Gasteiger partial charge in [-0.2, -0.15) is 5.10 Å².